The fraction of sp³-hybridized carbons (Fsp3) is 0.467. The number of rotatable bonds is 5. The van der Waals surface area contributed by atoms with Crippen LogP contribution in [0.15, 0.2) is 24.3 Å². The molecule has 1 heterocycles. The van der Waals surface area contributed by atoms with Crippen molar-refractivity contribution in [2.75, 3.05) is 26.8 Å². The summed E-state index contributed by atoms with van der Waals surface area (Å²) in [7, 11) is 1.56. The summed E-state index contributed by atoms with van der Waals surface area (Å²) >= 11 is 5.98. The molecular formula is C15H19ClN2O4. The number of carbonyl (C=O) groups excluding carboxylic acids is 1. The van der Waals surface area contributed by atoms with E-state index in [0.717, 1.165) is 5.56 Å². The molecule has 0 saturated carbocycles. The molecule has 1 aliphatic rings. The van der Waals surface area contributed by atoms with Crippen LogP contribution in [0.25, 0.3) is 0 Å². The molecule has 120 valence electrons. The molecule has 2 unspecified atom stereocenters. The maximum atomic E-state index is 12.3. The first kappa shape index (κ1) is 16.6. The van der Waals surface area contributed by atoms with Gasteiger partial charge < -0.3 is 20.1 Å². The average Bonchev–Trinajstić information content (AvgIpc) is 2.97. The lowest BCUT2D eigenvalue weighted by Crippen LogP contribution is -2.42. The van der Waals surface area contributed by atoms with E-state index in [9.17, 15) is 9.59 Å². The second-order valence-corrected chi connectivity index (χ2v) is 5.72. The van der Waals surface area contributed by atoms with Crippen LogP contribution in [0.3, 0.4) is 0 Å². The van der Waals surface area contributed by atoms with Gasteiger partial charge in [0.2, 0.25) is 0 Å². The Morgan fingerprint density at radius 1 is 1.55 bits per heavy atom. The zero-order valence-corrected chi connectivity index (χ0v) is 13.0. The van der Waals surface area contributed by atoms with E-state index < -0.39 is 11.9 Å². The van der Waals surface area contributed by atoms with Crippen molar-refractivity contribution >= 4 is 23.6 Å². The van der Waals surface area contributed by atoms with Gasteiger partial charge in [-0.05, 0) is 24.1 Å². The van der Waals surface area contributed by atoms with Crippen LogP contribution in [-0.2, 0) is 9.53 Å². The third-order valence-corrected chi connectivity index (χ3v) is 3.94. The number of benzene rings is 1. The van der Waals surface area contributed by atoms with Gasteiger partial charge in [-0.1, -0.05) is 23.7 Å². The van der Waals surface area contributed by atoms with E-state index in [1.54, 1.807) is 19.2 Å². The van der Waals surface area contributed by atoms with Gasteiger partial charge in [0.25, 0.3) is 0 Å². The molecule has 1 aromatic carbocycles. The molecule has 2 atom stereocenters. The summed E-state index contributed by atoms with van der Waals surface area (Å²) in [5, 5.41) is 12.5. The summed E-state index contributed by atoms with van der Waals surface area (Å²) in [5.41, 5.74) is 0.844. The van der Waals surface area contributed by atoms with Crippen LogP contribution >= 0.6 is 11.6 Å². The quantitative estimate of drug-likeness (QED) is 0.869. The highest BCUT2D eigenvalue weighted by Crippen LogP contribution is 2.20. The summed E-state index contributed by atoms with van der Waals surface area (Å²) in [4.78, 5) is 24.8. The molecule has 0 bridgehead atoms. The van der Waals surface area contributed by atoms with Crippen LogP contribution in [0.1, 0.15) is 18.0 Å². The van der Waals surface area contributed by atoms with Gasteiger partial charge >= 0.3 is 12.0 Å². The second-order valence-electron chi connectivity index (χ2n) is 5.28. The fourth-order valence-corrected chi connectivity index (χ4v) is 2.70. The van der Waals surface area contributed by atoms with Gasteiger partial charge in [-0.3, -0.25) is 4.79 Å². The topological polar surface area (TPSA) is 78.9 Å². The van der Waals surface area contributed by atoms with Crippen molar-refractivity contribution in [1.29, 1.82) is 0 Å². The third-order valence-electron chi connectivity index (χ3n) is 3.71. The number of aliphatic carboxylic acids is 1. The Balaban J connectivity index is 2.02. The minimum absolute atomic E-state index is 0.233. The van der Waals surface area contributed by atoms with Crippen molar-refractivity contribution in [2.45, 2.75) is 12.5 Å². The van der Waals surface area contributed by atoms with Crippen LogP contribution in [0.2, 0.25) is 5.02 Å². The minimum Gasteiger partial charge on any atom is -0.481 e. The van der Waals surface area contributed by atoms with Crippen molar-refractivity contribution in [2.24, 2.45) is 5.92 Å². The van der Waals surface area contributed by atoms with Gasteiger partial charge in [0.1, 0.15) is 0 Å². The molecule has 2 amide bonds. The minimum atomic E-state index is -0.862. The molecule has 1 aliphatic heterocycles. The molecule has 1 aromatic rings. The van der Waals surface area contributed by atoms with Gasteiger partial charge in [0.15, 0.2) is 0 Å². The maximum absolute atomic E-state index is 12.3. The second kappa shape index (κ2) is 7.47. The predicted molar refractivity (Wildman–Crippen MR) is 81.9 cm³/mol. The number of carboxylic acids is 1. The summed E-state index contributed by atoms with van der Waals surface area (Å²) in [6.45, 7) is 0.983. The van der Waals surface area contributed by atoms with Gasteiger partial charge in [0.05, 0.1) is 18.6 Å². The molecule has 1 fully saturated rings. The first-order chi connectivity index (χ1) is 10.5. The molecule has 1 saturated heterocycles. The number of urea groups is 1. The van der Waals surface area contributed by atoms with Crippen molar-refractivity contribution in [1.82, 2.24) is 10.2 Å². The van der Waals surface area contributed by atoms with E-state index in [4.69, 9.17) is 21.4 Å². The summed E-state index contributed by atoms with van der Waals surface area (Å²) < 4.78 is 5.15. The van der Waals surface area contributed by atoms with E-state index in [2.05, 4.69) is 5.32 Å². The number of nitrogens with zero attached hydrogens (tertiary/aromatic N) is 1. The lowest BCUT2D eigenvalue weighted by atomic mass is 10.1. The number of hydrogen-bond donors (Lipinski definition) is 2. The highest BCUT2D eigenvalue weighted by atomic mass is 35.5. The number of carbonyl (C=O) groups is 2. The predicted octanol–water partition coefficient (Wildman–Crippen LogP) is 2.14. The number of hydrogen-bond acceptors (Lipinski definition) is 3. The Morgan fingerprint density at radius 3 is 2.91 bits per heavy atom. The van der Waals surface area contributed by atoms with E-state index in [0.29, 0.717) is 24.6 Å². The summed E-state index contributed by atoms with van der Waals surface area (Å²) in [6.07, 6.45) is 0.481. The Labute approximate surface area is 134 Å². The van der Waals surface area contributed by atoms with E-state index in [1.165, 1.54) is 4.90 Å². The Hall–Kier alpha value is -1.79. The van der Waals surface area contributed by atoms with Gasteiger partial charge in [-0.15, -0.1) is 0 Å². The molecule has 2 rings (SSSR count). The number of amides is 2. The van der Waals surface area contributed by atoms with Gasteiger partial charge in [0, 0.05) is 25.2 Å². The number of ether oxygens (including phenoxy) is 1. The molecule has 7 heteroatoms. The molecule has 0 aromatic heterocycles. The van der Waals surface area contributed by atoms with Crippen molar-refractivity contribution in [3.63, 3.8) is 0 Å². The monoisotopic (exact) mass is 326 g/mol. The van der Waals surface area contributed by atoms with Crippen LogP contribution < -0.4 is 5.32 Å². The molecular weight excluding hydrogens is 308 g/mol. The molecule has 0 aliphatic carbocycles. The largest absolute Gasteiger partial charge is 0.481 e. The zero-order valence-electron chi connectivity index (χ0n) is 12.3. The number of methoxy groups -OCH3 is 1. The molecule has 2 N–H and O–H groups in total. The first-order valence-corrected chi connectivity index (χ1v) is 7.41. The van der Waals surface area contributed by atoms with E-state index >= 15 is 0 Å². The molecule has 6 nitrogen and oxygen atoms in total. The number of carboxylic acid groups (broad SMARTS) is 1. The highest BCUT2D eigenvalue weighted by Gasteiger charge is 2.31. The number of nitrogens with one attached hydrogen (secondary N) is 1. The Kier molecular flexibility index (Phi) is 5.63. The standard InChI is InChI=1S/C15H19ClN2O4/c1-22-9-13(10-3-2-4-12(16)7-10)17-15(21)18-6-5-11(8-18)14(19)20/h2-4,7,11,13H,5-6,8-9H2,1H3,(H,17,21)(H,19,20). The summed E-state index contributed by atoms with van der Waals surface area (Å²) in [6, 6.07) is 6.58. The fourth-order valence-electron chi connectivity index (χ4n) is 2.50. The van der Waals surface area contributed by atoms with E-state index in [1.807, 2.05) is 12.1 Å². The highest BCUT2D eigenvalue weighted by molar-refractivity contribution is 6.30. The zero-order chi connectivity index (χ0) is 16.1. The van der Waals surface area contributed by atoms with Crippen LogP contribution in [0.4, 0.5) is 4.79 Å². The smallest absolute Gasteiger partial charge is 0.317 e. The van der Waals surface area contributed by atoms with Crippen molar-refractivity contribution < 1.29 is 19.4 Å². The SMILES string of the molecule is COCC(NC(=O)N1CCC(C(=O)O)C1)c1cccc(Cl)c1. The van der Waals surface area contributed by atoms with E-state index in [-0.39, 0.29) is 18.6 Å². The number of likely N-dealkylation sites (tertiary alicyclic amines) is 1. The lowest BCUT2D eigenvalue weighted by molar-refractivity contribution is -0.141. The van der Waals surface area contributed by atoms with Crippen molar-refractivity contribution in [3.05, 3.63) is 34.9 Å². The molecule has 0 spiro atoms. The molecule has 0 radical (unpaired) electrons. The van der Waals surface area contributed by atoms with Gasteiger partial charge in [-0.2, -0.15) is 0 Å². The average molecular weight is 327 g/mol. The number of halogens is 1. The van der Waals surface area contributed by atoms with Gasteiger partial charge in [-0.25, -0.2) is 4.79 Å². The van der Waals surface area contributed by atoms with Crippen molar-refractivity contribution in [3.8, 4) is 0 Å². The lowest BCUT2D eigenvalue weighted by Gasteiger charge is -2.23. The summed E-state index contributed by atoms with van der Waals surface area (Å²) in [5.74, 6) is -1.35. The van der Waals surface area contributed by atoms with Crippen LogP contribution in [0.5, 0.6) is 0 Å². The van der Waals surface area contributed by atoms with Crippen LogP contribution in [-0.4, -0.2) is 48.8 Å². The Morgan fingerprint density at radius 2 is 2.32 bits per heavy atom. The normalized spacial score (nSPS) is 19.0. The maximum Gasteiger partial charge on any atom is 0.317 e. The Bertz CT molecular complexity index is 552. The third kappa shape index (κ3) is 4.11. The molecule has 22 heavy (non-hydrogen) atoms. The van der Waals surface area contributed by atoms with Crippen LogP contribution in [0, 0.1) is 5.92 Å². The first-order valence-electron chi connectivity index (χ1n) is 7.04.